The topological polar surface area (TPSA) is 101 Å². The molecule has 1 heterocycles. The minimum atomic E-state index is -0.320. The first kappa shape index (κ1) is 13.7. The normalized spacial score (nSPS) is 17.9. The van der Waals surface area contributed by atoms with Gasteiger partial charge in [0, 0.05) is 18.7 Å². The predicted octanol–water partition coefficient (Wildman–Crippen LogP) is 0.407. The van der Waals surface area contributed by atoms with E-state index in [-0.39, 0.29) is 23.2 Å². The molecular formula is C13H20N4O2. The van der Waals surface area contributed by atoms with Crippen LogP contribution in [-0.4, -0.2) is 28.7 Å². The standard InChI is InChI=1S/C13H20N4O2/c14-8-11(9-4-2-1-3-5-9)15-13(19)10-6-7-12(18)17-16-10/h6-7,9,11H,1-5,8,14H2,(H,15,19)(H,17,18). The molecule has 1 aliphatic rings. The Morgan fingerprint density at radius 1 is 1.42 bits per heavy atom. The van der Waals surface area contributed by atoms with Crippen molar-refractivity contribution in [3.05, 3.63) is 28.2 Å². The summed E-state index contributed by atoms with van der Waals surface area (Å²) in [6, 6.07) is 2.70. The Bertz CT molecular complexity index is 459. The van der Waals surface area contributed by atoms with Crippen molar-refractivity contribution in [3.63, 3.8) is 0 Å². The predicted molar refractivity (Wildman–Crippen MR) is 71.7 cm³/mol. The maximum atomic E-state index is 12.0. The van der Waals surface area contributed by atoms with Crippen LogP contribution in [0.5, 0.6) is 0 Å². The SMILES string of the molecule is NCC(NC(=O)c1ccc(=O)[nH]n1)C1CCCCC1. The fourth-order valence-electron chi connectivity index (χ4n) is 2.62. The quantitative estimate of drug-likeness (QED) is 0.733. The van der Waals surface area contributed by atoms with Gasteiger partial charge in [-0.25, -0.2) is 5.10 Å². The van der Waals surface area contributed by atoms with Crippen molar-refractivity contribution in [1.29, 1.82) is 0 Å². The number of carbonyl (C=O) groups excluding carboxylic acids is 1. The van der Waals surface area contributed by atoms with E-state index in [0.29, 0.717) is 12.5 Å². The van der Waals surface area contributed by atoms with Gasteiger partial charge in [0.15, 0.2) is 0 Å². The Labute approximate surface area is 111 Å². The summed E-state index contributed by atoms with van der Waals surface area (Å²) >= 11 is 0. The van der Waals surface area contributed by atoms with Crippen LogP contribution in [0.25, 0.3) is 0 Å². The number of carbonyl (C=O) groups is 1. The van der Waals surface area contributed by atoms with Crippen LogP contribution in [0.15, 0.2) is 16.9 Å². The third-order valence-electron chi connectivity index (χ3n) is 3.70. The lowest BCUT2D eigenvalue weighted by atomic mass is 9.84. The average molecular weight is 264 g/mol. The van der Waals surface area contributed by atoms with Crippen molar-refractivity contribution in [1.82, 2.24) is 15.5 Å². The number of nitrogens with zero attached hydrogens (tertiary/aromatic N) is 1. The average Bonchev–Trinajstić information content (AvgIpc) is 2.46. The van der Waals surface area contributed by atoms with E-state index < -0.39 is 0 Å². The zero-order chi connectivity index (χ0) is 13.7. The van der Waals surface area contributed by atoms with Gasteiger partial charge in [-0.05, 0) is 24.8 Å². The molecule has 0 spiro atoms. The number of amides is 1. The zero-order valence-electron chi connectivity index (χ0n) is 10.9. The first-order valence-corrected chi connectivity index (χ1v) is 6.77. The minimum absolute atomic E-state index is 0.0125. The van der Waals surface area contributed by atoms with Gasteiger partial charge in [-0.3, -0.25) is 9.59 Å². The summed E-state index contributed by atoms with van der Waals surface area (Å²) in [4.78, 5) is 22.9. The molecule has 1 unspecified atom stereocenters. The van der Waals surface area contributed by atoms with E-state index in [1.165, 1.54) is 31.4 Å². The van der Waals surface area contributed by atoms with Crippen molar-refractivity contribution in [3.8, 4) is 0 Å². The molecule has 19 heavy (non-hydrogen) atoms. The van der Waals surface area contributed by atoms with Crippen molar-refractivity contribution < 1.29 is 4.79 Å². The highest BCUT2D eigenvalue weighted by Crippen LogP contribution is 2.26. The van der Waals surface area contributed by atoms with E-state index in [1.54, 1.807) is 0 Å². The van der Waals surface area contributed by atoms with E-state index in [9.17, 15) is 9.59 Å². The minimum Gasteiger partial charge on any atom is -0.346 e. The van der Waals surface area contributed by atoms with E-state index in [4.69, 9.17) is 5.73 Å². The van der Waals surface area contributed by atoms with Crippen LogP contribution in [0.1, 0.15) is 42.6 Å². The highest BCUT2D eigenvalue weighted by molar-refractivity contribution is 5.92. The molecule has 1 aromatic rings. The van der Waals surface area contributed by atoms with Gasteiger partial charge in [0.05, 0.1) is 0 Å². The van der Waals surface area contributed by atoms with Gasteiger partial charge in [0.2, 0.25) is 0 Å². The molecule has 0 aromatic carbocycles. The molecule has 1 aliphatic carbocycles. The lowest BCUT2D eigenvalue weighted by Gasteiger charge is -2.29. The highest BCUT2D eigenvalue weighted by Gasteiger charge is 2.24. The molecule has 0 aliphatic heterocycles. The van der Waals surface area contributed by atoms with E-state index in [2.05, 4.69) is 15.5 Å². The number of nitrogens with one attached hydrogen (secondary N) is 2. The van der Waals surface area contributed by atoms with E-state index >= 15 is 0 Å². The summed E-state index contributed by atoms with van der Waals surface area (Å²) in [6.07, 6.45) is 5.90. The van der Waals surface area contributed by atoms with Gasteiger partial charge in [-0.2, -0.15) is 5.10 Å². The Hall–Kier alpha value is -1.69. The fourth-order valence-corrected chi connectivity index (χ4v) is 2.62. The third kappa shape index (κ3) is 3.64. The Morgan fingerprint density at radius 3 is 2.74 bits per heavy atom. The van der Waals surface area contributed by atoms with Crippen LogP contribution in [0.3, 0.4) is 0 Å². The van der Waals surface area contributed by atoms with Gasteiger partial charge in [-0.15, -0.1) is 0 Å². The Kier molecular flexibility index (Phi) is 4.68. The second-order valence-electron chi connectivity index (χ2n) is 5.02. The second kappa shape index (κ2) is 6.47. The molecule has 1 aromatic heterocycles. The Morgan fingerprint density at radius 2 is 2.16 bits per heavy atom. The van der Waals surface area contributed by atoms with Gasteiger partial charge in [0.1, 0.15) is 5.69 Å². The molecule has 6 nitrogen and oxygen atoms in total. The van der Waals surface area contributed by atoms with E-state index in [0.717, 1.165) is 12.8 Å². The largest absolute Gasteiger partial charge is 0.346 e. The van der Waals surface area contributed by atoms with E-state index in [1.807, 2.05) is 0 Å². The molecule has 1 atom stereocenters. The first-order chi connectivity index (χ1) is 9.20. The lowest BCUT2D eigenvalue weighted by Crippen LogP contribution is -2.46. The van der Waals surface area contributed by atoms with Gasteiger partial charge < -0.3 is 11.1 Å². The summed E-state index contributed by atoms with van der Waals surface area (Å²) in [6.45, 7) is 0.430. The second-order valence-corrected chi connectivity index (χ2v) is 5.02. The number of H-pyrrole nitrogens is 1. The van der Waals surface area contributed by atoms with Crippen LogP contribution >= 0.6 is 0 Å². The van der Waals surface area contributed by atoms with Crippen LogP contribution < -0.4 is 16.6 Å². The van der Waals surface area contributed by atoms with Crippen LogP contribution in [0.4, 0.5) is 0 Å². The third-order valence-corrected chi connectivity index (χ3v) is 3.70. The van der Waals surface area contributed by atoms with Crippen molar-refractivity contribution >= 4 is 5.91 Å². The number of hydrogen-bond donors (Lipinski definition) is 3. The fraction of sp³-hybridized carbons (Fsp3) is 0.615. The Balaban J connectivity index is 1.99. The molecule has 1 fully saturated rings. The van der Waals surface area contributed by atoms with Crippen LogP contribution in [0, 0.1) is 5.92 Å². The van der Waals surface area contributed by atoms with Crippen molar-refractivity contribution in [2.24, 2.45) is 11.7 Å². The molecular weight excluding hydrogens is 244 g/mol. The molecule has 2 rings (SSSR count). The summed E-state index contributed by atoms with van der Waals surface area (Å²) in [7, 11) is 0. The monoisotopic (exact) mass is 264 g/mol. The maximum absolute atomic E-state index is 12.0. The maximum Gasteiger partial charge on any atom is 0.271 e. The van der Waals surface area contributed by atoms with Crippen LogP contribution in [0.2, 0.25) is 0 Å². The van der Waals surface area contributed by atoms with Gasteiger partial charge in [0.25, 0.3) is 11.5 Å². The molecule has 104 valence electrons. The summed E-state index contributed by atoms with van der Waals surface area (Å²) in [5.74, 6) is 0.169. The lowest BCUT2D eigenvalue weighted by molar-refractivity contribution is 0.0909. The van der Waals surface area contributed by atoms with Crippen molar-refractivity contribution in [2.45, 2.75) is 38.1 Å². The molecule has 6 heteroatoms. The number of rotatable bonds is 4. The number of nitrogens with two attached hydrogens (primary N) is 1. The smallest absolute Gasteiger partial charge is 0.271 e. The van der Waals surface area contributed by atoms with Crippen LogP contribution in [-0.2, 0) is 0 Å². The summed E-state index contributed by atoms with van der Waals surface area (Å²) in [5, 5.41) is 8.90. The number of aromatic nitrogens is 2. The van der Waals surface area contributed by atoms with Crippen molar-refractivity contribution in [2.75, 3.05) is 6.54 Å². The number of hydrogen-bond acceptors (Lipinski definition) is 4. The molecule has 0 bridgehead atoms. The summed E-state index contributed by atoms with van der Waals surface area (Å²) in [5.41, 5.74) is 5.66. The first-order valence-electron chi connectivity index (χ1n) is 6.77. The molecule has 1 amide bonds. The summed E-state index contributed by atoms with van der Waals surface area (Å²) < 4.78 is 0. The molecule has 0 saturated heterocycles. The number of aromatic amines is 1. The zero-order valence-corrected chi connectivity index (χ0v) is 10.9. The molecule has 4 N–H and O–H groups in total. The van der Waals surface area contributed by atoms with Gasteiger partial charge in [-0.1, -0.05) is 19.3 Å². The molecule has 0 radical (unpaired) electrons. The van der Waals surface area contributed by atoms with Gasteiger partial charge >= 0.3 is 0 Å². The highest BCUT2D eigenvalue weighted by atomic mass is 16.2. The molecule has 1 saturated carbocycles.